The number of esters is 1. The zero-order valence-corrected chi connectivity index (χ0v) is 12.8. The lowest BCUT2D eigenvalue weighted by Crippen LogP contribution is -2.42. The van der Waals surface area contributed by atoms with E-state index >= 15 is 0 Å². The molecule has 1 aliphatic rings. The van der Waals surface area contributed by atoms with Crippen molar-refractivity contribution in [3.8, 4) is 0 Å². The van der Waals surface area contributed by atoms with E-state index in [4.69, 9.17) is 15.2 Å². The van der Waals surface area contributed by atoms with Gasteiger partial charge in [-0.2, -0.15) is 0 Å². The minimum absolute atomic E-state index is 0.0726. The van der Waals surface area contributed by atoms with Crippen LogP contribution in [0.15, 0.2) is 18.2 Å². The summed E-state index contributed by atoms with van der Waals surface area (Å²) in [5, 5.41) is 0. The predicted molar refractivity (Wildman–Crippen MR) is 82.7 cm³/mol. The Labute approximate surface area is 125 Å². The maximum atomic E-state index is 12.3. The highest BCUT2D eigenvalue weighted by Gasteiger charge is 2.21. The summed E-state index contributed by atoms with van der Waals surface area (Å²) in [6.45, 7) is 2.60. The Balaban J connectivity index is 2.01. The molecule has 1 fully saturated rings. The molecule has 116 valence electrons. The van der Waals surface area contributed by atoms with Gasteiger partial charge in [0.25, 0.3) is 0 Å². The van der Waals surface area contributed by atoms with Crippen molar-refractivity contribution in [2.45, 2.75) is 6.10 Å². The van der Waals surface area contributed by atoms with Crippen molar-refractivity contribution in [3.63, 3.8) is 0 Å². The number of nitrogens with two attached hydrogens (primary N) is 1. The third kappa shape index (κ3) is 4.09. The van der Waals surface area contributed by atoms with E-state index in [1.54, 1.807) is 12.1 Å². The number of nitrogens with zero attached hydrogens (tertiary/aromatic N) is 2. The highest BCUT2D eigenvalue weighted by atomic mass is 16.6. The molecule has 0 aromatic heterocycles. The monoisotopic (exact) mass is 293 g/mol. The fraction of sp³-hybridized carbons (Fsp3) is 0.533. The Morgan fingerprint density at radius 2 is 2.29 bits per heavy atom. The molecular weight excluding hydrogens is 270 g/mol. The molecule has 21 heavy (non-hydrogen) atoms. The van der Waals surface area contributed by atoms with Crippen LogP contribution in [0.1, 0.15) is 10.4 Å². The van der Waals surface area contributed by atoms with Crippen molar-refractivity contribution in [1.29, 1.82) is 0 Å². The molecule has 1 atom stereocenters. The molecule has 2 rings (SSSR count). The smallest absolute Gasteiger partial charge is 0.340 e. The number of hydrogen-bond acceptors (Lipinski definition) is 6. The number of nitrogen functional groups attached to an aromatic ring is 1. The number of carbonyl (C=O) groups is 1. The van der Waals surface area contributed by atoms with Crippen LogP contribution in [0.25, 0.3) is 0 Å². The van der Waals surface area contributed by atoms with E-state index in [-0.39, 0.29) is 18.7 Å². The summed E-state index contributed by atoms with van der Waals surface area (Å²) in [6, 6.07) is 5.23. The first-order valence-electron chi connectivity index (χ1n) is 7.01. The number of ether oxygens (including phenoxy) is 2. The summed E-state index contributed by atoms with van der Waals surface area (Å²) in [6.07, 6.45) is -0.0726. The van der Waals surface area contributed by atoms with Crippen molar-refractivity contribution >= 4 is 17.3 Å². The van der Waals surface area contributed by atoms with Gasteiger partial charge in [0.2, 0.25) is 0 Å². The minimum Gasteiger partial charge on any atom is -0.459 e. The maximum Gasteiger partial charge on any atom is 0.340 e. The Kier molecular flexibility index (Phi) is 5.03. The molecule has 0 amide bonds. The number of morpholine rings is 1. The summed E-state index contributed by atoms with van der Waals surface area (Å²) >= 11 is 0. The second-order valence-electron chi connectivity index (χ2n) is 5.52. The van der Waals surface area contributed by atoms with Crippen LogP contribution in [0.3, 0.4) is 0 Å². The quantitative estimate of drug-likeness (QED) is 0.655. The molecule has 1 aromatic rings. The Bertz CT molecular complexity index is 505. The fourth-order valence-corrected chi connectivity index (χ4v) is 2.32. The summed E-state index contributed by atoms with van der Waals surface area (Å²) in [4.78, 5) is 16.3. The number of anilines is 2. The fourth-order valence-electron chi connectivity index (χ4n) is 2.32. The largest absolute Gasteiger partial charge is 0.459 e. The van der Waals surface area contributed by atoms with Gasteiger partial charge in [0.1, 0.15) is 12.7 Å². The van der Waals surface area contributed by atoms with E-state index in [0.29, 0.717) is 17.9 Å². The van der Waals surface area contributed by atoms with E-state index in [2.05, 4.69) is 4.90 Å². The van der Waals surface area contributed by atoms with E-state index in [1.807, 2.05) is 32.1 Å². The van der Waals surface area contributed by atoms with Gasteiger partial charge in [-0.25, -0.2) is 4.79 Å². The van der Waals surface area contributed by atoms with Crippen molar-refractivity contribution < 1.29 is 14.3 Å². The molecule has 0 bridgehead atoms. The zero-order valence-electron chi connectivity index (χ0n) is 12.8. The molecular formula is C15H23N3O3. The average molecular weight is 293 g/mol. The summed E-state index contributed by atoms with van der Waals surface area (Å²) in [5.74, 6) is -0.372. The SMILES string of the molecule is CN1CCOC(COC(=O)c2cc(N)ccc2N(C)C)C1. The number of hydrogen-bond donors (Lipinski definition) is 1. The van der Waals surface area contributed by atoms with Crippen molar-refractivity contribution in [3.05, 3.63) is 23.8 Å². The number of likely N-dealkylation sites (N-methyl/N-ethyl adjacent to an activating group) is 1. The molecule has 0 spiro atoms. The lowest BCUT2D eigenvalue weighted by atomic mass is 10.1. The van der Waals surface area contributed by atoms with Crippen LogP contribution in [-0.2, 0) is 9.47 Å². The van der Waals surface area contributed by atoms with Gasteiger partial charge in [0, 0.05) is 32.9 Å². The standard InChI is InChI=1S/C15H23N3O3/c1-17(2)14-5-4-11(16)8-13(14)15(19)21-10-12-9-18(3)6-7-20-12/h4-5,8,12H,6-7,9-10,16H2,1-3H3. The maximum absolute atomic E-state index is 12.3. The van der Waals surface area contributed by atoms with Gasteiger partial charge in [-0.05, 0) is 25.2 Å². The zero-order chi connectivity index (χ0) is 15.4. The summed E-state index contributed by atoms with van der Waals surface area (Å²) < 4.78 is 11.0. The molecule has 0 radical (unpaired) electrons. The third-order valence-corrected chi connectivity index (χ3v) is 3.46. The van der Waals surface area contributed by atoms with Gasteiger partial charge in [-0.3, -0.25) is 0 Å². The summed E-state index contributed by atoms with van der Waals surface area (Å²) in [5.41, 5.74) is 7.57. The molecule has 1 aliphatic heterocycles. The minimum atomic E-state index is -0.372. The number of carbonyl (C=O) groups excluding carboxylic acids is 1. The van der Waals surface area contributed by atoms with Crippen LogP contribution >= 0.6 is 0 Å². The molecule has 1 unspecified atom stereocenters. The topological polar surface area (TPSA) is 68.0 Å². The first-order chi connectivity index (χ1) is 9.97. The van der Waals surface area contributed by atoms with E-state index < -0.39 is 0 Å². The van der Waals surface area contributed by atoms with Crippen molar-refractivity contribution in [2.24, 2.45) is 0 Å². The predicted octanol–water partition coefficient (Wildman–Crippen LogP) is 0.822. The van der Waals surface area contributed by atoms with Gasteiger partial charge in [-0.1, -0.05) is 0 Å². The van der Waals surface area contributed by atoms with Crippen LogP contribution in [0.5, 0.6) is 0 Å². The van der Waals surface area contributed by atoms with E-state index in [1.165, 1.54) is 0 Å². The lowest BCUT2D eigenvalue weighted by Gasteiger charge is -2.29. The highest BCUT2D eigenvalue weighted by Crippen LogP contribution is 2.22. The molecule has 0 aliphatic carbocycles. The molecule has 6 nitrogen and oxygen atoms in total. The number of rotatable bonds is 4. The molecule has 1 heterocycles. The van der Waals surface area contributed by atoms with Crippen LogP contribution in [0.2, 0.25) is 0 Å². The van der Waals surface area contributed by atoms with Crippen molar-refractivity contribution in [2.75, 3.05) is 58.1 Å². The van der Waals surface area contributed by atoms with E-state index in [0.717, 1.165) is 18.8 Å². The lowest BCUT2D eigenvalue weighted by molar-refractivity contribution is -0.0528. The first kappa shape index (κ1) is 15.6. The Hall–Kier alpha value is -1.79. The van der Waals surface area contributed by atoms with Gasteiger partial charge >= 0.3 is 5.97 Å². The highest BCUT2D eigenvalue weighted by molar-refractivity contribution is 5.96. The second kappa shape index (κ2) is 6.78. The van der Waals surface area contributed by atoms with Crippen LogP contribution in [0.4, 0.5) is 11.4 Å². The molecule has 2 N–H and O–H groups in total. The van der Waals surface area contributed by atoms with Gasteiger partial charge in [0.05, 0.1) is 17.9 Å². The first-order valence-corrected chi connectivity index (χ1v) is 7.01. The van der Waals surface area contributed by atoms with Crippen LogP contribution < -0.4 is 10.6 Å². The Morgan fingerprint density at radius 3 is 2.95 bits per heavy atom. The van der Waals surface area contributed by atoms with Gasteiger partial charge < -0.3 is 25.0 Å². The molecule has 1 aromatic carbocycles. The van der Waals surface area contributed by atoms with E-state index in [9.17, 15) is 4.79 Å². The molecule has 0 saturated carbocycles. The molecule has 1 saturated heterocycles. The van der Waals surface area contributed by atoms with Crippen molar-refractivity contribution in [1.82, 2.24) is 4.90 Å². The normalized spacial score (nSPS) is 19.3. The third-order valence-electron chi connectivity index (χ3n) is 3.46. The second-order valence-corrected chi connectivity index (χ2v) is 5.52. The molecule has 6 heteroatoms. The van der Waals surface area contributed by atoms with Crippen LogP contribution in [0, 0.1) is 0 Å². The Morgan fingerprint density at radius 1 is 1.52 bits per heavy atom. The number of benzene rings is 1. The summed E-state index contributed by atoms with van der Waals surface area (Å²) in [7, 11) is 5.78. The van der Waals surface area contributed by atoms with Gasteiger partial charge in [0.15, 0.2) is 0 Å². The average Bonchev–Trinajstić information content (AvgIpc) is 2.44. The van der Waals surface area contributed by atoms with Crippen LogP contribution in [-0.4, -0.2) is 64.4 Å². The van der Waals surface area contributed by atoms with Gasteiger partial charge in [-0.15, -0.1) is 0 Å².